The number of aliphatic hydroxyl groups is 1. The number of hydrogen-bond acceptors (Lipinski definition) is 4. The molecule has 0 bridgehead atoms. The van der Waals surface area contributed by atoms with E-state index in [0.29, 0.717) is 19.2 Å². The van der Waals surface area contributed by atoms with Crippen LogP contribution < -0.4 is 14.8 Å². The fraction of sp³-hybridized carbons (Fsp3) is 0.571. The van der Waals surface area contributed by atoms with E-state index in [1.165, 1.54) is 19.3 Å². The maximum absolute atomic E-state index is 9.79. The van der Waals surface area contributed by atoms with Crippen molar-refractivity contribution >= 4 is 0 Å². The lowest BCUT2D eigenvalue weighted by molar-refractivity contribution is 0.0996. The molecule has 1 aromatic carbocycles. The number of ether oxygens (including phenoxy) is 2. The number of benzene rings is 1. The summed E-state index contributed by atoms with van der Waals surface area (Å²) in [5.41, 5.74) is 0. The summed E-state index contributed by atoms with van der Waals surface area (Å²) in [7, 11) is 1.62. The zero-order valence-corrected chi connectivity index (χ0v) is 10.8. The summed E-state index contributed by atoms with van der Waals surface area (Å²) < 4.78 is 10.6. The van der Waals surface area contributed by atoms with Crippen molar-refractivity contribution in [3.8, 4) is 11.5 Å². The summed E-state index contributed by atoms with van der Waals surface area (Å²) in [6.45, 7) is 0.890. The van der Waals surface area contributed by atoms with Crippen molar-refractivity contribution in [3.05, 3.63) is 24.3 Å². The van der Waals surface area contributed by atoms with Gasteiger partial charge in [-0.2, -0.15) is 0 Å². The molecular weight excluding hydrogens is 230 g/mol. The number of rotatable bonds is 7. The molecule has 0 amide bonds. The minimum Gasteiger partial charge on any atom is -0.497 e. The lowest BCUT2D eigenvalue weighted by Gasteiger charge is -2.27. The molecule has 4 heteroatoms. The third kappa shape index (κ3) is 3.89. The van der Waals surface area contributed by atoms with Gasteiger partial charge in [-0.3, -0.25) is 0 Å². The first-order valence-corrected chi connectivity index (χ1v) is 6.46. The van der Waals surface area contributed by atoms with Crippen LogP contribution in [0.5, 0.6) is 11.5 Å². The molecule has 1 aliphatic rings. The molecule has 18 heavy (non-hydrogen) atoms. The van der Waals surface area contributed by atoms with Gasteiger partial charge < -0.3 is 19.9 Å². The highest BCUT2D eigenvalue weighted by Crippen LogP contribution is 2.19. The molecule has 4 nitrogen and oxygen atoms in total. The van der Waals surface area contributed by atoms with E-state index in [1.54, 1.807) is 7.11 Å². The van der Waals surface area contributed by atoms with Crippen LogP contribution in [0.15, 0.2) is 24.3 Å². The molecule has 0 aliphatic heterocycles. The molecule has 0 radical (unpaired) electrons. The van der Waals surface area contributed by atoms with Gasteiger partial charge in [0.2, 0.25) is 0 Å². The van der Waals surface area contributed by atoms with E-state index in [1.807, 2.05) is 24.3 Å². The predicted molar refractivity (Wildman–Crippen MR) is 70.1 cm³/mol. The van der Waals surface area contributed by atoms with Gasteiger partial charge in [-0.15, -0.1) is 0 Å². The van der Waals surface area contributed by atoms with Crippen molar-refractivity contribution in [1.29, 1.82) is 0 Å². The van der Waals surface area contributed by atoms with Crippen LogP contribution in [0.4, 0.5) is 0 Å². The molecule has 2 rings (SSSR count). The molecule has 0 saturated heterocycles. The van der Waals surface area contributed by atoms with Gasteiger partial charge in [-0.25, -0.2) is 0 Å². The molecule has 1 atom stereocenters. The molecule has 1 fully saturated rings. The zero-order valence-electron chi connectivity index (χ0n) is 10.8. The van der Waals surface area contributed by atoms with E-state index in [4.69, 9.17) is 9.47 Å². The molecule has 1 saturated carbocycles. The second-order valence-corrected chi connectivity index (χ2v) is 4.68. The summed E-state index contributed by atoms with van der Waals surface area (Å²) in [6, 6.07) is 7.99. The Hall–Kier alpha value is -1.26. The van der Waals surface area contributed by atoms with Gasteiger partial charge in [0.05, 0.1) is 7.11 Å². The monoisotopic (exact) mass is 251 g/mol. The van der Waals surface area contributed by atoms with Crippen LogP contribution in [0.2, 0.25) is 0 Å². The normalized spacial score (nSPS) is 17.0. The van der Waals surface area contributed by atoms with Crippen LogP contribution in [0.3, 0.4) is 0 Å². The van der Waals surface area contributed by atoms with Gasteiger partial charge in [-0.1, -0.05) is 12.5 Å². The topological polar surface area (TPSA) is 50.7 Å². The van der Waals surface area contributed by atoms with Crippen molar-refractivity contribution in [2.24, 2.45) is 0 Å². The lowest BCUT2D eigenvalue weighted by Crippen LogP contribution is -2.41. The predicted octanol–water partition coefficient (Wildman–Crippen LogP) is 1.58. The van der Waals surface area contributed by atoms with Crippen molar-refractivity contribution in [2.75, 3.05) is 20.3 Å². The summed E-state index contributed by atoms with van der Waals surface area (Å²) in [5, 5.41) is 13.1. The molecule has 0 spiro atoms. The van der Waals surface area contributed by atoms with Crippen molar-refractivity contribution < 1.29 is 14.6 Å². The molecular formula is C14H21NO3. The summed E-state index contributed by atoms with van der Waals surface area (Å²) >= 11 is 0. The van der Waals surface area contributed by atoms with Crippen LogP contribution in [-0.4, -0.2) is 37.5 Å². The average Bonchev–Trinajstić information content (AvgIpc) is 2.35. The van der Waals surface area contributed by atoms with Crippen LogP contribution in [0, 0.1) is 0 Å². The Morgan fingerprint density at radius 2 is 2.17 bits per heavy atom. The zero-order chi connectivity index (χ0) is 12.8. The van der Waals surface area contributed by atoms with Gasteiger partial charge >= 0.3 is 0 Å². The lowest BCUT2D eigenvalue weighted by atomic mass is 9.93. The van der Waals surface area contributed by atoms with Crippen LogP contribution in [0.1, 0.15) is 19.3 Å². The number of nitrogens with one attached hydrogen (secondary N) is 1. The Morgan fingerprint density at radius 1 is 1.39 bits per heavy atom. The Labute approximate surface area is 108 Å². The van der Waals surface area contributed by atoms with Crippen LogP contribution >= 0.6 is 0 Å². The van der Waals surface area contributed by atoms with E-state index in [2.05, 4.69) is 5.32 Å². The van der Waals surface area contributed by atoms with Gasteiger partial charge in [0.25, 0.3) is 0 Å². The molecule has 2 N–H and O–H groups in total. The van der Waals surface area contributed by atoms with E-state index < -0.39 is 6.10 Å². The SMILES string of the molecule is COc1cccc(OCC(O)CNC2CCC2)c1. The number of methoxy groups -OCH3 is 1. The van der Waals surface area contributed by atoms with E-state index >= 15 is 0 Å². The first-order chi connectivity index (χ1) is 8.78. The maximum Gasteiger partial charge on any atom is 0.123 e. The second-order valence-electron chi connectivity index (χ2n) is 4.68. The fourth-order valence-corrected chi connectivity index (χ4v) is 1.86. The summed E-state index contributed by atoms with van der Waals surface area (Å²) in [5.74, 6) is 1.48. The first kappa shape index (κ1) is 13.2. The highest BCUT2D eigenvalue weighted by atomic mass is 16.5. The van der Waals surface area contributed by atoms with Gasteiger partial charge in [0, 0.05) is 18.7 Å². The number of hydrogen-bond donors (Lipinski definition) is 2. The van der Waals surface area contributed by atoms with Gasteiger partial charge in [0.1, 0.15) is 24.2 Å². The highest BCUT2D eigenvalue weighted by molar-refractivity contribution is 5.32. The summed E-state index contributed by atoms with van der Waals surface area (Å²) in [6.07, 6.45) is 3.28. The standard InChI is InChI=1S/C14H21NO3/c1-17-13-6-3-7-14(8-13)18-10-12(16)9-15-11-4-2-5-11/h3,6-8,11-12,15-16H,2,4-5,9-10H2,1H3. The Kier molecular flexibility index (Phi) is 4.84. The van der Waals surface area contributed by atoms with Crippen LogP contribution in [-0.2, 0) is 0 Å². The quantitative estimate of drug-likeness (QED) is 0.772. The second kappa shape index (κ2) is 6.61. The minimum absolute atomic E-state index is 0.298. The minimum atomic E-state index is -0.475. The van der Waals surface area contributed by atoms with Gasteiger partial charge in [-0.05, 0) is 25.0 Å². The van der Waals surface area contributed by atoms with Crippen molar-refractivity contribution in [3.63, 3.8) is 0 Å². The largest absolute Gasteiger partial charge is 0.497 e. The molecule has 0 aromatic heterocycles. The van der Waals surface area contributed by atoms with Gasteiger partial charge in [0.15, 0.2) is 0 Å². The third-order valence-electron chi connectivity index (χ3n) is 3.23. The molecule has 0 heterocycles. The molecule has 1 aromatic rings. The average molecular weight is 251 g/mol. The van der Waals surface area contributed by atoms with Crippen LogP contribution in [0.25, 0.3) is 0 Å². The van der Waals surface area contributed by atoms with E-state index in [0.717, 1.165) is 11.5 Å². The Bertz CT molecular complexity index is 366. The smallest absolute Gasteiger partial charge is 0.123 e. The Balaban J connectivity index is 1.68. The maximum atomic E-state index is 9.79. The number of aliphatic hydroxyl groups excluding tert-OH is 1. The van der Waals surface area contributed by atoms with Crippen molar-refractivity contribution in [2.45, 2.75) is 31.4 Å². The van der Waals surface area contributed by atoms with E-state index in [9.17, 15) is 5.11 Å². The molecule has 1 unspecified atom stereocenters. The molecule has 1 aliphatic carbocycles. The molecule has 100 valence electrons. The Morgan fingerprint density at radius 3 is 2.83 bits per heavy atom. The first-order valence-electron chi connectivity index (χ1n) is 6.46. The summed E-state index contributed by atoms with van der Waals surface area (Å²) in [4.78, 5) is 0. The van der Waals surface area contributed by atoms with Crippen molar-refractivity contribution in [1.82, 2.24) is 5.32 Å². The third-order valence-corrected chi connectivity index (χ3v) is 3.23. The highest BCUT2D eigenvalue weighted by Gasteiger charge is 2.17. The fourth-order valence-electron chi connectivity index (χ4n) is 1.86. The van der Waals surface area contributed by atoms with E-state index in [-0.39, 0.29) is 0 Å².